The van der Waals surface area contributed by atoms with Crippen molar-refractivity contribution in [2.45, 2.75) is 38.4 Å². The van der Waals surface area contributed by atoms with Gasteiger partial charge in [-0.05, 0) is 30.9 Å². The van der Waals surface area contributed by atoms with E-state index in [1.165, 1.54) is 11.1 Å². The molecule has 2 heterocycles. The lowest BCUT2D eigenvalue weighted by Crippen LogP contribution is -2.51. The minimum atomic E-state index is -0.806. The van der Waals surface area contributed by atoms with E-state index in [0.717, 1.165) is 0 Å². The molecule has 0 spiro atoms. The monoisotopic (exact) mass is 288 g/mol. The zero-order valence-corrected chi connectivity index (χ0v) is 12.1. The van der Waals surface area contributed by atoms with Gasteiger partial charge in [0, 0.05) is 19.1 Å². The quantitative estimate of drug-likeness (QED) is 0.852. The van der Waals surface area contributed by atoms with Crippen LogP contribution in [0.5, 0.6) is 0 Å². The fourth-order valence-corrected chi connectivity index (χ4v) is 3.41. The highest BCUT2D eigenvalue weighted by atomic mass is 16.4. The summed E-state index contributed by atoms with van der Waals surface area (Å²) in [6.45, 7) is 3.06. The van der Waals surface area contributed by atoms with Gasteiger partial charge in [-0.2, -0.15) is 0 Å². The number of nitrogens with one attached hydrogen (secondary N) is 1. The second-order valence-corrected chi connectivity index (χ2v) is 5.91. The van der Waals surface area contributed by atoms with Gasteiger partial charge in [-0.25, -0.2) is 0 Å². The molecule has 2 N–H and O–H groups in total. The summed E-state index contributed by atoms with van der Waals surface area (Å²) < 4.78 is 0. The van der Waals surface area contributed by atoms with Crippen molar-refractivity contribution in [1.29, 1.82) is 0 Å². The first-order valence-corrected chi connectivity index (χ1v) is 7.41. The molecule has 3 atom stereocenters. The minimum Gasteiger partial charge on any atom is -0.481 e. The molecule has 1 aromatic rings. The van der Waals surface area contributed by atoms with Gasteiger partial charge in [-0.1, -0.05) is 24.3 Å². The molecular formula is C16H20N2O3. The van der Waals surface area contributed by atoms with Crippen molar-refractivity contribution in [3.63, 3.8) is 0 Å². The molecular weight excluding hydrogens is 268 g/mol. The van der Waals surface area contributed by atoms with Crippen LogP contribution in [0.2, 0.25) is 0 Å². The fourth-order valence-electron chi connectivity index (χ4n) is 3.41. The van der Waals surface area contributed by atoms with Crippen LogP contribution < -0.4 is 5.32 Å². The molecule has 21 heavy (non-hydrogen) atoms. The van der Waals surface area contributed by atoms with Crippen molar-refractivity contribution in [2.75, 3.05) is 6.54 Å². The van der Waals surface area contributed by atoms with Gasteiger partial charge < -0.3 is 15.3 Å². The lowest BCUT2D eigenvalue weighted by Gasteiger charge is -2.31. The lowest BCUT2D eigenvalue weighted by molar-refractivity contribution is -0.143. The normalized spacial score (nSPS) is 28.2. The Bertz CT molecular complexity index is 572. The first-order chi connectivity index (χ1) is 10.1. The maximum absolute atomic E-state index is 12.7. The molecule has 2 aliphatic rings. The first-order valence-electron chi connectivity index (χ1n) is 7.41. The van der Waals surface area contributed by atoms with E-state index in [1.807, 2.05) is 19.1 Å². The fraction of sp³-hybridized carbons (Fsp3) is 0.500. The zero-order valence-electron chi connectivity index (χ0n) is 12.1. The standard InChI is InChI=1S/C16H20N2O3/c1-10-13(16(20)21)6-7-18(10)15(19)14-8-11-4-2-3-5-12(11)9-17-14/h2-5,10,13-14,17H,6-9H2,1H3,(H,20,21)/t10?,13?,14-/m0/s1. The molecule has 5 heteroatoms. The van der Waals surface area contributed by atoms with E-state index in [0.29, 0.717) is 25.9 Å². The number of hydrogen-bond acceptors (Lipinski definition) is 3. The van der Waals surface area contributed by atoms with Gasteiger partial charge in [-0.15, -0.1) is 0 Å². The number of carbonyl (C=O) groups is 2. The number of likely N-dealkylation sites (tertiary alicyclic amines) is 1. The van der Waals surface area contributed by atoms with Gasteiger partial charge in [0.2, 0.25) is 5.91 Å². The molecule has 1 saturated heterocycles. The Morgan fingerprint density at radius 3 is 2.67 bits per heavy atom. The molecule has 112 valence electrons. The van der Waals surface area contributed by atoms with Crippen LogP contribution in [-0.4, -0.2) is 40.5 Å². The molecule has 2 unspecified atom stereocenters. The summed E-state index contributed by atoms with van der Waals surface area (Å²) in [6.07, 6.45) is 1.22. The number of carboxylic acid groups (broad SMARTS) is 1. The first kappa shape index (κ1) is 14.1. The lowest BCUT2D eigenvalue weighted by atomic mass is 9.95. The SMILES string of the molecule is CC1C(C(=O)O)CCN1C(=O)[C@@H]1Cc2ccccc2CN1. The summed E-state index contributed by atoms with van der Waals surface area (Å²) in [6, 6.07) is 7.66. The Kier molecular flexibility index (Phi) is 3.68. The largest absolute Gasteiger partial charge is 0.481 e. The van der Waals surface area contributed by atoms with Crippen LogP contribution in [0, 0.1) is 5.92 Å². The van der Waals surface area contributed by atoms with Crippen molar-refractivity contribution in [3.05, 3.63) is 35.4 Å². The predicted molar refractivity (Wildman–Crippen MR) is 77.7 cm³/mol. The summed E-state index contributed by atoms with van der Waals surface area (Å²) in [5, 5.41) is 12.4. The van der Waals surface area contributed by atoms with Crippen LogP contribution in [0.1, 0.15) is 24.5 Å². The van der Waals surface area contributed by atoms with E-state index >= 15 is 0 Å². The van der Waals surface area contributed by atoms with E-state index in [-0.39, 0.29) is 18.0 Å². The van der Waals surface area contributed by atoms with Gasteiger partial charge in [0.05, 0.1) is 12.0 Å². The summed E-state index contributed by atoms with van der Waals surface area (Å²) in [7, 11) is 0. The number of rotatable bonds is 2. The third kappa shape index (κ3) is 2.53. The number of nitrogens with zero attached hydrogens (tertiary/aromatic N) is 1. The minimum absolute atomic E-state index is 0.0285. The number of hydrogen-bond donors (Lipinski definition) is 2. The van der Waals surface area contributed by atoms with Gasteiger partial charge in [0.1, 0.15) is 0 Å². The van der Waals surface area contributed by atoms with E-state index < -0.39 is 11.9 Å². The van der Waals surface area contributed by atoms with Crippen LogP contribution in [0.25, 0.3) is 0 Å². The summed E-state index contributed by atoms with van der Waals surface area (Å²) in [4.78, 5) is 25.6. The smallest absolute Gasteiger partial charge is 0.308 e. The van der Waals surface area contributed by atoms with E-state index in [1.54, 1.807) is 4.90 Å². The Morgan fingerprint density at radius 2 is 2.00 bits per heavy atom. The van der Waals surface area contributed by atoms with E-state index in [2.05, 4.69) is 17.4 Å². The molecule has 1 amide bonds. The average Bonchev–Trinajstić information content (AvgIpc) is 2.88. The van der Waals surface area contributed by atoms with Crippen molar-refractivity contribution >= 4 is 11.9 Å². The van der Waals surface area contributed by atoms with E-state index in [9.17, 15) is 14.7 Å². The second-order valence-electron chi connectivity index (χ2n) is 5.91. The summed E-state index contributed by atoms with van der Waals surface area (Å²) >= 11 is 0. The van der Waals surface area contributed by atoms with Crippen molar-refractivity contribution in [3.8, 4) is 0 Å². The molecule has 0 aliphatic carbocycles. The third-order valence-electron chi connectivity index (χ3n) is 4.73. The molecule has 5 nitrogen and oxygen atoms in total. The Balaban J connectivity index is 1.71. The number of carboxylic acids is 1. The van der Waals surface area contributed by atoms with E-state index in [4.69, 9.17) is 0 Å². The Hall–Kier alpha value is -1.88. The highest BCUT2D eigenvalue weighted by Crippen LogP contribution is 2.26. The molecule has 1 fully saturated rings. The van der Waals surface area contributed by atoms with Crippen molar-refractivity contribution in [2.24, 2.45) is 5.92 Å². The van der Waals surface area contributed by atoms with Crippen molar-refractivity contribution in [1.82, 2.24) is 10.2 Å². The number of carbonyl (C=O) groups excluding carboxylic acids is 1. The van der Waals surface area contributed by atoms with Gasteiger partial charge >= 0.3 is 5.97 Å². The van der Waals surface area contributed by atoms with Crippen LogP contribution in [0.4, 0.5) is 0 Å². The Labute approximate surface area is 123 Å². The molecule has 1 aromatic carbocycles. The number of amides is 1. The second kappa shape index (κ2) is 5.48. The zero-order chi connectivity index (χ0) is 15.0. The predicted octanol–water partition coefficient (Wildman–Crippen LogP) is 1.02. The Morgan fingerprint density at radius 1 is 1.29 bits per heavy atom. The van der Waals surface area contributed by atoms with Crippen LogP contribution in [0.3, 0.4) is 0 Å². The number of fused-ring (bicyclic) bond motifs is 1. The summed E-state index contributed by atoms with van der Waals surface area (Å²) in [5.41, 5.74) is 2.44. The van der Waals surface area contributed by atoms with Gasteiger partial charge in [-0.3, -0.25) is 9.59 Å². The molecule has 0 radical (unpaired) electrons. The van der Waals surface area contributed by atoms with Gasteiger partial charge in [0.15, 0.2) is 0 Å². The summed E-state index contributed by atoms with van der Waals surface area (Å²) in [5.74, 6) is -1.22. The number of benzene rings is 1. The molecule has 0 saturated carbocycles. The highest BCUT2D eigenvalue weighted by molar-refractivity contribution is 5.84. The van der Waals surface area contributed by atoms with Crippen molar-refractivity contribution < 1.29 is 14.7 Å². The van der Waals surface area contributed by atoms with Crippen LogP contribution in [-0.2, 0) is 22.6 Å². The number of aliphatic carboxylic acids is 1. The maximum Gasteiger partial charge on any atom is 0.308 e. The molecule has 0 aromatic heterocycles. The topological polar surface area (TPSA) is 69.6 Å². The molecule has 0 bridgehead atoms. The molecule has 3 rings (SSSR count). The van der Waals surface area contributed by atoms with Crippen LogP contribution >= 0.6 is 0 Å². The maximum atomic E-state index is 12.7. The van der Waals surface area contributed by atoms with Gasteiger partial charge in [0.25, 0.3) is 0 Å². The third-order valence-corrected chi connectivity index (χ3v) is 4.73. The van der Waals surface area contributed by atoms with Crippen LogP contribution in [0.15, 0.2) is 24.3 Å². The highest BCUT2D eigenvalue weighted by Gasteiger charge is 2.40. The molecule has 2 aliphatic heterocycles. The average molecular weight is 288 g/mol.